The molecule has 0 radical (unpaired) electrons. The van der Waals surface area contributed by atoms with Crippen LogP contribution in [0, 0.1) is 5.92 Å². The van der Waals surface area contributed by atoms with Crippen molar-refractivity contribution in [3.8, 4) is 11.5 Å². The van der Waals surface area contributed by atoms with E-state index in [9.17, 15) is 9.59 Å². The molecule has 0 aliphatic heterocycles. The van der Waals surface area contributed by atoms with E-state index in [0.717, 1.165) is 18.4 Å². The largest absolute Gasteiger partial charge is 0.457 e. The van der Waals surface area contributed by atoms with Crippen molar-refractivity contribution in [2.45, 2.75) is 52.1 Å². The lowest BCUT2D eigenvalue weighted by molar-refractivity contribution is -0.122. The molecule has 0 saturated heterocycles. The van der Waals surface area contributed by atoms with E-state index < -0.39 is 12.1 Å². The molecular weight excluding hydrogens is 366 g/mol. The minimum atomic E-state index is -0.676. The Bertz CT molecular complexity index is 793. The van der Waals surface area contributed by atoms with Gasteiger partial charge in [0.1, 0.15) is 11.5 Å². The third-order valence-electron chi connectivity index (χ3n) is 4.53. The van der Waals surface area contributed by atoms with Crippen LogP contribution in [0.2, 0.25) is 0 Å². The third-order valence-corrected chi connectivity index (χ3v) is 4.53. The van der Waals surface area contributed by atoms with Gasteiger partial charge >= 0.3 is 6.03 Å². The highest BCUT2D eigenvalue weighted by atomic mass is 16.5. The molecule has 2 rings (SSSR count). The lowest BCUT2D eigenvalue weighted by atomic mass is 10.0. The van der Waals surface area contributed by atoms with Crippen molar-refractivity contribution in [1.82, 2.24) is 10.6 Å². The summed E-state index contributed by atoms with van der Waals surface area (Å²) < 4.78 is 5.85. The van der Waals surface area contributed by atoms with Crippen LogP contribution in [0.3, 0.4) is 0 Å². The molecule has 0 aliphatic rings. The summed E-state index contributed by atoms with van der Waals surface area (Å²) in [5.74, 6) is 1.79. The number of ether oxygens (including phenoxy) is 1. The van der Waals surface area contributed by atoms with E-state index in [0.29, 0.717) is 17.4 Å². The Labute approximate surface area is 172 Å². The Morgan fingerprint density at radius 1 is 0.931 bits per heavy atom. The fraction of sp³-hybridized carbons (Fsp3) is 0.391. The SMILES string of the molecule is CC(C)CCC(C)NC(=O)CC(NC(N)=O)c1cccc(Oc2ccccc2)c1. The molecule has 0 bridgehead atoms. The van der Waals surface area contributed by atoms with Crippen LogP contribution >= 0.6 is 0 Å². The summed E-state index contributed by atoms with van der Waals surface area (Å²) in [6.45, 7) is 6.31. The van der Waals surface area contributed by atoms with Crippen LogP contribution in [-0.4, -0.2) is 18.0 Å². The van der Waals surface area contributed by atoms with Gasteiger partial charge in [-0.25, -0.2) is 4.79 Å². The van der Waals surface area contributed by atoms with E-state index in [2.05, 4.69) is 24.5 Å². The molecule has 0 saturated carbocycles. The molecule has 2 aromatic rings. The van der Waals surface area contributed by atoms with Crippen LogP contribution in [0.4, 0.5) is 4.79 Å². The smallest absolute Gasteiger partial charge is 0.312 e. The van der Waals surface area contributed by atoms with Crippen molar-refractivity contribution in [3.05, 3.63) is 60.2 Å². The van der Waals surface area contributed by atoms with Crippen LogP contribution < -0.4 is 21.1 Å². The van der Waals surface area contributed by atoms with Crippen LogP contribution in [-0.2, 0) is 4.79 Å². The zero-order valence-electron chi connectivity index (χ0n) is 17.4. The predicted octanol–water partition coefficient (Wildman–Crippen LogP) is 4.52. The third kappa shape index (κ3) is 8.25. The molecule has 0 fully saturated rings. The molecule has 4 N–H and O–H groups in total. The Morgan fingerprint density at radius 3 is 2.28 bits per heavy atom. The number of benzene rings is 2. The monoisotopic (exact) mass is 397 g/mol. The first-order valence-corrected chi connectivity index (χ1v) is 10.0. The summed E-state index contributed by atoms with van der Waals surface area (Å²) in [5, 5.41) is 5.66. The number of para-hydroxylation sites is 1. The van der Waals surface area contributed by atoms with E-state index in [4.69, 9.17) is 10.5 Å². The van der Waals surface area contributed by atoms with Crippen molar-refractivity contribution in [2.75, 3.05) is 0 Å². The Kier molecular flexibility index (Phi) is 8.52. The topological polar surface area (TPSA) is 93.5 Å². The minimum Gasteiger partial charge on any atom is -0.457 e. The second-order valence-electron chi connectivity index (χ2n) is 7.69. The van der Waals surface area contributed by atoms with E-state index in [1.165, 1.54) is 0 Å². The summed E-state index contributed by atoms with van der Waals surface area (Å²) in [5.41, 5.74) is 6.09. The maximum atomic E-state index is 12.5. The van der Waals surface area contributed by atoms with Gasteiger partial charge in [0.15, 0.2) is 0 Å². The van der Waals surface area contributed by atoms with Crippen molar-refractivity contribution >= 4 is 11.9 Å². The summed E-state index contributed by atoms with van der Waals surface area (Å²) >= 11 is 0. The molecular formula is C23H31N3O3. The van der Waals surface area contributed by atoms with Crippen molar-refractivity contribution < 1.29 is 14.3 Å². The van der Waals surface area contributed by atoms with Gasteiger partial charge in [-0.2, -0.15) is 0 Å². The maximum Gasteiger partial charge on any atom is 0.312 e. The van der Waals surface area contributed by atoms with Gasteiger partial charge in [-0.05, 0) is 55.5 Å². The number of nitrogens with two attached hydrogens (primary N) is 1. The maximum absolute atomic E-state index is 12.5. The molecule has 6 nitrogen and oxygen atoms in total. The number of rotatable bonds is 10. The molecule has 0 aromatic heterocycles. The molecule has 3 amide bonds. The van der Waals surface area contributed by atoms with Gasteiger partial charge in [-0.15, -0.1) is 0 Å². The average molecular weight is 398 g/mol. The number of hydrogen-bond acceptors (Lipinski definition) is 3. The van der Waals surface area contributed by atoms with Gasteiger partial charge in [0.2, 0.25) is 5.91 Å². The van der Waals surface area contributed by atoms with Crippen molar-refractivity contribution in [2.24, 2.45) is 11.7 Å². The molecule has 2 aromatic carbocycles. The molecule has 2 unspecified atom stereocenters. The van der Waals surface area contributed by atoms with Gasteiger partial charge in [0, 0.05) is 6.04 Å². The summed E-state index contributed by atoms with van der Waals surface area (Å²) in [6.07, 6.45) is 2.06. The van der Waals surface area contributed by atoms with Gasteiger partial charge in [0.25, 0.3) is 0 Å². The Hall–Kier alpha value is -3.02. The van der Waals surface area contributed by atoms with E-state index in [-0.39, 0.29) is 18.4 Å². The van der Waals surface area contributed by atoms with Crippen molar-refractivity contribution in [1.29, 1.82) is 0 Å². The fourth-order valence-electron chi connectivity index (χ4n) is 3.02. The van der Waals surface area contributed by atoms with Gasteiger partial charge < -0.3 is 21.1 Å². The second-order valence-corrected chi connectivity index (χ2v) is 7.69. The lowest BCUT2D eigenvalue weighted by Crippen LogP contribution is -2.39. The predicted molar refractivity (Wildman–Crippen MR) is 115 cm³/mol. The molecule has 0 spiro atoms. The average Bonchev–Trinajstić information content (AvgIpc) is 2.66. The molecule has 0 heterocycles. The lowest BCUT2D eigenvalue weighted by Gasteiger charge is -2.21. The normalized spacial score (nSPS) is 12.8. The summed E-state index contributed by atoms with van der Waals surface area (Å²) in [4.78, 5) is 24.0. The number of carbonyl (C=O) groups is 2. The molecule has 2 atom stereocenters. The van der Waals surface area contributed by atoms with E-state index in [1.54, 1.807) is 0 Å². The molecule has 156 valence electrons. The molecule has 0 aliphatic carbocycles. The Balaban J connectivity index is 2.06. The van der Waals surface area contributed by atoms with E-state index >= 15 is 0 Å². The number of urea groups is 1. The standard InChI is InChI=1S/C23H31N3O3/c1-16(2)12-13-17(3)25-22(27)15-21(26-23(24)28)18-8-7-11-20(14-18)29-19-9-5-4-6-10-19/h4-11,14,16-17,21H,12-13,15H2,1-3H3,(H,25,27)(H3,24,26,28). The summed E-state index contributed by atoms with van der Waals surface area (Å²) in [7, 11) is 0. The highest BCUT2D eigenvalue weighted by molar-refractivity contribution is 5.79. The summed E-state index contributed by atoms with van der Waals surface area (Å²) in [6, 6.07) is 15.6. The van der Waals surface area contributed by atoms with Gasteiger partial charge in [0.05, 0.1) is 12.5 Å². The minimum absolute atomic E-state index is 0.0758. The number of hydrogen-bond donors (Lipinski definition) is 3. The van der Waals surface area contributed by atoms with Crippen LogP contribution in [0.1, 0.15) is 51.6 Å². The van der Waals surface area contributed by atoms with Crippen LogP contribution in [0.15, 0.2) is 54.6 Å². The van der Waals surface area contributed by atoms with Gasteiger partial charge in [-0.3, -0.25) is 4.79 Å². The van der Waals surface area contributed by atoms with Crippen molar-refractivity contribution in [3.63, 3.8) is 0 Å². The first-order chi connectivity index (χ1) is 13.8. The fourth-order valence-corrected chi connectivity index (χ4v) is 3.02. The quantitative estimate of drug-likeness (QED) is 0.550. The zero-order valence-corrected chi connectivity index (χ0v) is 17.4. The van der Waals surface area contributed by atoms with Crippen LogP contribution in [0.5, 0.6) is 11.5 Å². The molecule has 29 heavy (non-hydrogen) atoms. The number of nitrogens with one attached hydrogen (secondary N) is 2. The highest BCUT2D eigenvalue weighted by Gasteiger charge is 2.19. The number of primary amides is 1. The zero-order chi connectivity index (χ0) is 21.2. The van der Waals surface area contributed by atoms with Gasteiger partial charge in [-0.1, -0.05) is 44.2 Å². The first kappa shape index (κ1) is 22.3. The van der Waals surface area contributed by atoms with Crippen LogP contribution in [0.25, 0.3) is 0 Å². The van der Waals surface area contributed by atoms with E-state index in [1.807, 2.05) is 61.5 Å². The molecule has 6 heteroatoms. The number of amides is 3. The Morgan fingerprint density at radius 2 is 1.62 bits per heavy atom. The highest BCUT2D eigenvalue weighted by Crippen LogP contribution is 2.26. The first-order valence-electron chi connectivity index (χ1n) is 10.0. The second kappa shape index (κ2) is 11.1. The number of carbonyl (C=O) groups excluding carboxylic acids is 2.